The smallest absolute Gasteiger partial charge is 0.269 e. The lowest BCUT2D eigenvalue weighted by molar-refractivity contribution is -0.384. The van der Waals surface area contributed by atoms with E-state index in [9.17, 15) is 18.5 Å². The second-order valence-electron chi connectivity index (χ2n) is 5.13. The Labute approximate surface area is 139 Å². The summed E-state index contributed by atoms with van der Waals surface area (Å²) in [5.41, 5.74) is 1.06. The van der Waals surface area contributed by atoms with E-state index in [2.05, 4.69) is 11.3 Å². The molecule has 0 aliphatic carbocycles. The molecule has 0 atom stereocenters. The van der Waals surface area contributed by atoms with E-state index in [0.29, 0.717) is 18.0 Å². The monoisotopic (exact) mass is 348 g/mol. The van der Waals surface area contributed by atoms with Crippen LogP contribution in [0.3, 0.4) is 0 Å². The summed E-state index contributed by atoms with van der Waals surface area (Å²) in [6.45, 7) is 5.95. The largest absolute Gasteiger partial charge is 0.489 e. The summed E-state index contributed by atoms with van der Waals surface area (Å²) in [4.78, 5) is 9.95. The number of nitrogens with one attached hydrogen (secondary N) is 1. The Hall–Kier alpha value is -2.87. The Morgan fingerprint density at radius 2 is 1.75 bits per heavy atom. The number of anilines is 1. The number of non-ortho nitro benzene ring substituents is 1. The van der Waals surface area contributed by atoms with E-state index in [1.165, 1.54) is 12.1 Å². The molecule has 24 heavy (non-hydrogen) atoms. The SMILES string of the molecule is C=C(C)COc1ccc(NS(=O)(=O)c2ccc([N+](=O)[O-])cc2)cc1. The Kier molecular flexibility index (Phi) is 5.20. The van der Waals surface area contributed by atoms with Gasteiger partial charge in [0, 0.05) is 17.8 Å². The molecule has 0 amide bonds. The van der Waals surface area contributed by atoms with Gasteiger partial charge in [-0.25, -0.2) is 8.42 Å². The molecule has 0 saturated carbocycles. The van der Waals surface area contributed by atoms with Crippen molar-refractivity contribution in [3.05, 3.63) is 70.8 Å². The maximum absolute atomic E-state index is 12.3. The van der Waals surface area contributed by atoms with Gasteiger partial charge in [-0.15, -0.1) is 0 Å². The van der Waals surface area contributed by atoms with Crippen molar-refractivity contribution < 1.29 is 18.1 Å². The molecular formula is C16H16N2O5S. The first-order chi connectivity index (χ1) is 11.3. The maximum Gasteiger partial charge on any atom is 0.269 e. The molecule has 2 aromatic rings. The second kappa shape index (κ2) is 7.14. The third-order valence-electron chi connectivity index (χ3n) is 2.95. The zero-order chi connectivity index (χ0) is 17.7. The summed E-state index contributed by atoms with van der Waals surface area (Å²) in [5, 5.41) is 10.6. The van der Waals surface area contributed by atoms with Crippen molar-refractivity contribution in [2.75, 3.05) is 11.3 Å². The molecule has 0 spiro atoms. The average Bonchev–Trinajstić information content (AvgIpc) is 2.54. The Bertz CT molecular complexity index is 843. The van der Waals surface area contributed by atoms with Gasteiger partial charge in [0.25, 0.3) is 15.7 Å². The van der Waals surface area contributed by atoms with Gasteiger partial charge < -0.3 is 4.74 Å². The number of nitro groups is 1. The minimum atomic E-state index is -3.82. The van der Waals surface area contributed by atoms with Crippen molar-refractivity contribution in [1.82, 2.24) is 0 Å². The number of sulfonamides is 1. The lowest BCUT2D eigenvalue weighted by atomic mass is 10.3. The molecule has 126 valence electrons. The highest BCUT2D eigenvalue weighted by Gasteiger charge is 2.16. The van der Waals surface area contributed by atoms with E-state index in [4.69, 9.17) is 4.74 Å². The zero-order valence-corrected chi connectivity index (χ0v) is 13.7. The van der Waals surface area contributed by atoms with Gasteiger partial charge in [-0.05, 0) is 48.9 Å². The molecule has 0 heterocycles. The molecular weight excluding hydrogens is 332 g/mol. The molecule has 0 aliphatic rings. The van der Waals surface area contributed by atoms with Gasteiger partial charge in [0.05, 0.1) is 9.82 Å². The summed E-state index contributed by atoms with van der Waals surface area (Å²) in [5.74, 6) is 0.594. The standard InChI is InChI=1S/C16H16N2O5S/c1-12(2)11-23-15-7-3-13(4-8-15)17-24(21,22)16-9-5-14(6-10-16)18(19)20/h3-10,17H,1,11H2,2H3. The van der Waals surface area contributed by atoms with Crippen molar-refractivity contribution >= 4 is 21.4 Å². The normalized spacial score (nSPS) is 10.9. The first-order valence-electron chi connectivity index (χ1n) is 6.92. The van der Waals surface area contributed by atoms with Gasteiger partial charge in [-0.1, -0.05) is 6.58 Å². The van der Waals surface area contributed by atoms with Crippen LogP contribution in [0.15, 0.2) is 65.6 Å². The van der Waals surface area contributed by atoms with E-state index < -0.39 is 14.9 Å². The number of benzene rings is 2. The second-order valence-corrected chi connectivity index (χ2v) is 6.81. The number of nitrogens with zero attached hydrogens (tertiary/aromatic N) is 1. The number of nitro benzene ring substituents is 1. The summed E-state index contributed by atoms with van der Waals surface area (Å²) in [7, 11) is -3.82. The third-order valence-corrected chi connectivity index (χ3v) is 4.35. The summed E-state index contributed by atoms with van der Waals surface area (Å²) in [6, 6.07) is 11.1. The van der Waals surface area contributed by atoms with Gasteiger partial charge >= 0.3 is 0 Å². The van der Waals surface area contributed by atoms with Crippen molar-refractivity contribution in [3.63, 3.8) is 0 Å². The molecule has 0 bridgehead atoms. The van der Waals surface area contributed by atoms with E-state index >= 15 is 0 Å². The molecule has 0 saturated heterocycles. The molecule has 7 nitrogen and oxygen atoms in total. The minimum absolute atomic E-state index is 0.0595. The highest BCUT2D eigenvalue weighted by atomic mass is 32.2. The minimum Gasteiger partial charge on any atom is -0.489 e. The molecule has 0 fully saturated rings. The Morgan fingerprint density at radius 1 is 1.17 bits per heavy atom. The summed E-state index contributed by atoms with van der Waals surface area (Å²) >= 11 is 0. The fraction of sp³-hybridized carbons (Fsp3) is 0.125. The van der Waals surface area contributed by atoms with Crippen molar-refractivity contribution in [3.8, 4) is 5.75 Å². The summed E-state index contributed by atoms with van der Waals surface area (Å²) in [6.07, 6.45) is 0. The highest BCUT2D eigenvalue weighted by Crippen LogP contribution is 2.21. The molecule has 0 unspecified atom stereocenters. The van der Waals surface area contributed by atoms with Crippen LogP contribution >= 0.6 is 0 Å². The van der Waals surface area contributed by atoms with Crippen molar-refractivity contribution in [2.45, 2.75) is 11.8 Å². The molecule has 8 heteroatoms. The van der Waals surface area contributed by atoms with Gasteiger partial charge in [-0.2, -0.15) is 0 Å². The van der Waals surface area contributed by atoms with Gasteiger partial charge in [0.1, 0.15) is 12.4 Å². The lowest BCUT2D eigenvalue weighted by Crippen LogP contribution is -2.12. The van der Waals surface area contributed by atoms with Crippen LogP contribution in [-0.2, 0) is 10.0 Å². The Morgan fingerprint density at radius 3 is 2.25 bits per heavy atom. The van der Waals surface area contributed by atoms with Gasteiger partial charge in [0.2, 0.25) is 0 Å². The highest BCUT2D eigenvalue weighted by molar-refractivity contribution is 7.92. The van der Waals surface area contributed by atoms with Crippen LogP contribution in [0, 0.1) is 10.1 Å². The Balaban J connectivity index is 2.11. The molecule has 2 rings (SSSR count). The average molecular weight is 348 g/mol. The van der Waals surface area contributed by atoms with Crippen LogP contribution in [0.25, 0.3) is 0 Å². The van der Waals surface area contributed by atoms with Crippen molar-refractivity contribution in [2.24, 2.45) is 0 Å². The number of ether oxygens (including phenoxy) is 1. The van der Waals surface area contributed by atoms with Crippen LogP contribution in [0.4, 0.5) is 11.4 Å². The predicted octanol–water partition coefficient (Wildman–Crippen LogP) is 3.35. The first kappa shape index (κ1) is 17.5. The topological polar surface area (TPSA) is 98.5 Å². The fourth-order valence-electron chi connectivity index (χ4n) is 1.79. The molecule has 2 aromatic carbocycles. The van der Waals surface area contributed by atoms with E-state index in [1.807, 2.05) is 6.92 Å². The lowest BCUT2D eigenvalue weighted by Gasteiger charge is -2.09. The summed E-state index contributed by atoms with van der Waals surface area (Å²) < 4.78 is 32.4. The molecule has 0 radical (unpaired) electrons. The van der Waals surface area contributed by atoms with Gasteiger partial charge in [0.15, 0.2) is 0 Å². The van der Waals surface area contributed by atoms with E-state index in [1.54, 1.807) is 24.3 Å². The van der Waals surface area contributed by atoms with Crippen LogP contribution in [0.5, 0.6) is 5.75 Å². The van der Waals surface area contributed by atoms with Crippen LogP contribution in [0.1, 0.15) is 6.92 Å². The molecule has 1 N–H and O–H groups in total. The third kappa shape index (κ3) is 4.56. The predicted molar refractivity (Wildman–Crippen MR) is 90.7 cm³/mol. The van der Waals surface area contributed by atoms with E-state index in [-0.39, 0.29) is 10.6 Å². The molecule has 0 aliphatic heterocycles. The first-order valence-corrected chi connectivity index (χ1v) is 8.41. The van der Waals surface area contributed by atoms with Crippen LogP contribution < -0.4 is 9.46 Å². The molecule has 0 aromatic heterocycles. The van der Waals surface area contributed by atoms with Crippen LogP contribution in [0.2, 0.25) is 0 Å². The van der Waals surface area contributed by atoms with Crippen molar-refractivity contribution in [1.29, 1.82) is 0 Å². The fourth-order valence-corrected chi connectivity index (χ4v) is 2.85. The number of hydrogen-bond acceptors (Lipinski definition) is 5. The number of hydrogen-bond donors (Lipinski definition) is 1. The maximum atomic E-state index is 12.3. The van der Waals surface area contributed by atoms with E-state index in [0.717, 1.165) is 17.7 Å². The quantitative estimate of drug-likeness (QED) is 0.470. The van der Waals surface area contributed by atoms with Gasteiger partial charge in [-0.3, -0.25) is 14.8 Å². The van der Waals surface area contributed by atoms with Crippen LogP contribution in [-0.4, -0.2) is 19.9 Å². The number of rotatable bonds is 7. The zero-order valence-electron chi connectivity index (χ0n) is 12.9.